The number of carbonyl (C=O) groups is 1. The minimum Gasteiger partial charge on any atom is -0.489 e. The monoisotopic (exact) mass is 343 g/mol. The van der Waals surface area contributed by atoms with Gasteiger partial charge in [0.05, 0.1) is 5.56 Å². The third-order valence-corrected chi connectivity index (χ3v) is 3.18. The largest absolute Gasteiger partial charge is 0.489 e. The fourth-order valence-corrected chi connectivity index (χ4v) is 1.89. The van der Waals surface area contributed by atoms with E-state index in [4.69, 9.17) is 4.74 Å². The Kier molecular flexibility index (Phi) is 9.87. The second-order valence-corrected chi connectivity index (χ2v) is 5.67. The van der Waals surface area contributed by atoms with Crippen molar-refractivity contribution in [1.82, 2.24) is 5.32 Å². The van der Waals surface area contributed by atoms with Crippen LogP contribution >= 0.6 is 0 Å². The minimum absolute atomic E-state index is 0.0349. The molecule has 0 atom stereocenters. The molecule has 25 heavy (non-hydrogen) atoms. The highest BCUT2D eigenvalue weighted by Crippen LogP contribution is 2.17. The lowest BCUT2D eigenvalue weighted by atomic mass is 10.1. The zero-order valence-corrected chi connectivity index (χ0v) is 14.9. The van der Waals surface area contributed by atoms with Crippen LogP contribution in [0.3, 0.4) is 0 Å². The lowest BCUT2D eigenvalue weighted by molar-refractivity contribution is 0.104. The summed E-state index contributed by atoms with van der Waals surface area (Å²) in [6.07, 6.45) is 11.4. The summed E-state index contributed by atoms with van der Waals surface area (Å²) in [4.78, 5) is 11.9. The first-order valence-corrected chi connectivity index (χ1v) is 8.29. The summed E-state index contributed by atoms with van der Waals surface area (Å²) in [7, 11) is 0. The van der Waals surface area contributed by atoms with Crippen LogP contribution in [0.5, 0.6) is 5.75 Å². The van der Waals surface area contributed by atoms with E-state index in [1.165, 1.54) is 18.2 Å². The van der Waals surface area contributed by atoms with Crippen LogP contribution in [0.2, 0.25) is 0 Å². The Labute approximate surface area is 149 Å². The number of ketones is 1. The topological polar surface area (TPSA) is 38.3 Å². The minimum atomic E-state index is -0.584. The van der Waals surface area contributed by atoms with Gasteiger partial charge in [0, 0.05) is 12.6 Å². The number of nitrogens with one attached hydrogen (secondary N) is 1. The molecule has 0 saturated heterocycles. The molecule has 0 aliphatic carbocycles. The van der Waals surface area contributed by atoms with Gasteiger partial charge in [-0.15, -0.1) is 6.58 Å². The van der Waals surface area contributed by atoms with Gasteiger partial charge in [-0.2, -0.15) is 0 Å². The predicted molar refractivity (Wildman–Crippen MR) is 102 cm³/mol. The van der Waals surface area contributed by atoms with Gasteiger partial charge in [-0.05, 0) is 45.0 Å². The average Bonchev–Trinajstić information content (AvgIpc) is 2.57. The number of rotatable bonds is 11. The van der Waals surface area contributed by atoms with Crippen molar-refractivity contribution in [3.63, 3.8) is 0 Å². The molecule has 134 valence electrons. The van der Waals surface area contributed by atoms with E-state index in [2.05, 4.69) is 11.9 Å². The lowest BCUT2D eigenvalue weighted by Gasteiger charge is -2.05. The van der Waals surface area contributed by atoms with E-state index >= 15 is 0 Å². The van der Waals surface area contributed by atoms with E-state index in [9.17, 15) is 9.18 Å². The average molecular weight is 343 g/mol. The maximum Gasteiger partial charge on any atom is 0.188 e. The molecule has 0 unspecified atom stereocenters. The second kappa shape index (κ2) is 12.0. The van der Waals surface area contributed by atoms with Crippen molar-refractivity contribution >= 4 is 5.78 Å². The molecule has 3 nitrogen and oxygen atoms in total. The summed E-state index contributed by atoms with van der Waals surface area (Å²) in [5.41, 5.74) is 1.10. The maximum absolute atomic E-state index is 14.0. The Bertz CT molecular complexity index is 656. The van der Waals surface area contributed by atoms with E-state index < -0.39 is 5.82 Å². The van der Waals surface area contributed by atoms with Crippen molar-refractivity contribution in [3.8, 4) is 5.75 Å². The molecule has 0 spiro atoms. The SMILES string of the molecule is C=CCCNCC=CCOc1ccc(C(=O)C=CC=C(C)C)c(F)c1. The van der Waals surface area contributed by atoms with Gasteiger partial charge in [-0.3, -0.25) is 4.79 Å². The van der Waals surface area contributed by atoms with Crippen LogP contribution in [0.4, 0.5) is 4.39 Å². The molecule has 0 fully saturated rings. The molecule has 4 heteroatoms. The third kappa shape index (κ3) is 8.82. The summed E-state index contributed by atoms with van der Waals surface area (Å²) in [5, 5.41) is 3.22. The van der Waals surface area contributed by atoms with Gasteiger partial charge >= 0.3 is 0 Å². The van der Waals surface area contributed by atoms with Crippen molar-refractivity contribution in [2.24, 2.45) is 0 Å². The molecule has 1 N–H and O–H groups in total. The number of hydrogen-bond acceptors (Lipinski definition) is 3. The predicted octanol–water partition coefficient (Wildman–Crippen LogP) is 4.63. The van der Waals surface area contributed by atoms with Crippen LogP contribution in [-0.4, -0.2) is 25.5 Å². The Balaban J connectivity index is 2.48. The summed E-state index contributed by atoms with van der Waals surface area (Å²) >= 11 is 0. The zero-order chi connectivity index (χ0) is 18.5. The molecule has 0 bridgehead atoms. The lowest BCUT2D eigenvalue weighted by Crippen LogP contribution is -2.14. The Morgan fingerprint density at radius 1 is 1.32 bits per heavy atom. The fraction of sp³-hybridized carbons (Fsp3) is 0.286. The van der Waals surface area contributed by atoms with Crippen molar-refractivity contribution in [2.75, 3.05) is 19.7 Å². The van der Waals surface area contributed by atoms with E-state index in [1.807, 2.05) is 32.1 Å². The molecule has 0 saturated carbocycles. The first kappa shape index (κ1) is 20.6. The summed E-state index contributed by atoms with van der Waals surface area (Å²) in [6, 6.07) is 4.28. The van der Waals surface area contributed by atoms with Crippen LogP contribution in [-0.2, 0) is 0 Å². The van der Waals surface area contributed by atoms with Crippen LogP contribution in [0.15, 0.2) is 66.8 Å². The van der Waals surface area contributed by atoms with Gasteiger partial charge in [0.25, 0.3) is 0 Å². The number of halogens is 1. The number of benzene rings is 1. The highest BCUT2D eigenvalue weighted by Gasteiger charge is 2.09. The molecule has 0 aromatic heterocycles. The third-order valence-electron chi connectivity index (χ3n) is 3.18. The van der Waals surface area contributed by atoms with Gasteiger partial charge < -0.3 is 10.1 Å². The highest BCUT2D eigenvalue weighted by atomic mass is 19.1. The van der Waals surface area contributed by atoms with Crippen LogP contribution in [0, 0.1) is 5.82 Å². The van der Waals surface area contributed by atoms with Crippen LogP contribution in [0.25, 0.3) is 0 Å². The molecular weight excluding hydrogens is 317 g/mol. The van der Waals surface area contributed by atoms with Crippen molar-refractivity contribution < 1.29 is 13.9 Å². The van der Waals surface area contributed by atoms with Crippen molar-refractivity contribution in [3.05, 3.63) is 78.2 Å². The van der Waals surface area contributed by atoms with Gasteiger partial charge in [0.1, 0.15) is 18.2 Å². The highest BCUT2D eigenvalue weighted by molar-refractivity contribution is 6.04. The quantitative estimate of drug-likeness (QED) is 0.209. The van der Waals surface area contributed by atoms with E-state index in [0.717, 1.165) is 25.1 Å². The molecular formula is C21H26FNO2. The number of ether oxygens (including phenoxy) is 1. The molecule has 0 aliphatic rings. The maximum atomic E-state index is 14.0. The Morgan fingerprint density at radius 3 is 2.80 bits per heavy atom. The first-order valence-electron chi connectivity index (χ1n) is 8.29. The normalized spacial score (nSPS) is 11.0. The van der Waals surface area contributed by atoms with Crippen LogP contribution in [0.1, 0.15) is 30.6 Å². The first-order chi connectivity index (χ1) is 12.0. The number of carbonyl (C=O) groups excluding carboxylic acids is 1. The van der Waals surface area contributed by atoms with Crippen LogP contribution < -0.4 is 10.1 Å². The van der Waals surface area contributed by atoms with Gasteiger partial charge in [-0.1, -0.05) is 36.0 Å². The smallest absolute Gasteiger partial charge is 0.188 e. The molecule has 1 rings (SSSR count). The summed E-state index contributed by atoms with van der Waals surface area (Å²) in [5.74, 6) is -0.557. The second-order valence-electron chi connectivity index (χ2n) is 5.67. The summed E-state index contributed by atoms with van der Waals surface area (Å²) in [6.45, 7) is 9.48. The zero-order valence-electron chi connectivity index (χ0n) is 14.9. The molecule has 1 aromatic rings. The van der Waals surface area contributed by atoms with E-state index in [0.29, 0.717) is 12.4 Å². The Hall–Kier alpha value is -2.46. The molecule has 0 heterocycles. The summed E-state index contributed by atoms with van der Waals surface area (Å²) < 4.78 is 19.5. The molecule has 0 aliphatic heterocycles. The Morgan fingerprint density at radius 2 is 2.12 bits per heavy atom. The fourth-order valence-electron chi connectivity index (χ4n) is 1.89. The van der Waals surface area contributed by atoms with Crippen molar-refractivity contribution in [1.29, 1.82) is 0 Å². The number of hydrogen-bond donors (Lipinski definition) is 1. The van der Waals surface area contributed by atoms with E-state index in [1.54, 1.807) is 18.2 Å². The molecule has 1 aromatic carbocycles. The molecule has 0 amide bonds. The van der Waals surface area contributed by atoms with Gasteiger partial charge in [0.2, 0.25) is 0 Å². The van der Waals surface area contributed by atoms with E-state index in [-0.39, 0.29) is 11.3 Å². The molecule has 0 radical (unpaired) electrons. The van der Waals surface area contributed by atoms with Crippen molar-refractivity contribution in [2.45, 2.75) is 20.3 Å². The van der Waals surface area contributed by atoms with Gasteiger partial charge in [-0.25, -0.2) is 4.39 Å². The van der Waals surface area contributed by atoms with Gasteiger partial charge in [0.15, 0.2) is 5.78 Å². The number of allylic oxidation sites excluding steroid dienone is 4. The standard InChI is InChI=1S/C21H26FNO2/c1-4-5-13-23-14-6-7-15-25-18-11-12-19(20(22)16-18)21(24)10-8-9-17(2)3/h4,6-12,16,23H,1,5,13-15H2,2-3H3.